The van der Waals surface area contributed by atoms with Crippen LogP contribution in [0.15, 0.2) is 36.5 Å². The molecule has 0 atom stereocenters. The number of carboxylic acid groups (broad SMARTS) is 1. The van der Waals surface area contributed by atoms with Crippen molar-refractivity contribution < 1.29 is 9.90 Å². The summed E-state index contributed by atoms with van der Waals surface area (Å²) in [5.41, 5.74) is 1.08. The minimum absolute atomic E-state index is 0.257. The van der Waals surface area contributed by atoms with Crippen molar-refractivity contribution in [2.75, 3.05) is 5.32 Å². The summed E-state index contributed by atoms with van der Waals surface area (Å²) in [7, 11) is 0. The van der Waals surface area contributed by atoms with E-state index in [4.69, 9.17) is 5.11 Å². The molecule has 5 nitrogen and oxygen atoms in total. The number of carboxylic acids is 1. The molecule has 0 saturated heterocycles. The standard InChI is InChI=1S/C14H17N3O2/c1-10(2)17-13(7-8-16-17)15-9-11-5-3-4-6-12(11)14(18)19/h3-8,10,15H,9H2,1-2H3,(H,18,19). The lowest BCUT2D eigenvalue weighted by atomic mass is 10.1. The molecule has 2 N–H and O–H groups in total. The van der Waals surface area contributed by atoms with Gasteiger partial charge >= 0.3 is 5.97 Å². The molecule has 19 heavy (non-hydrogen) atoms. The zero-order chi connectivity index (χ0) is 13.8. The molecule has 0 bridgehead atoms. The topological polar surface area (TPSA) is 67.2 Å². The van der Waals surface area contributed by atoms with Crippen molar-refractivity contribution in [1.82, 2.24) is 9.78 Å². The smallest absolute Gasteiger partial charge is 0.336 e. The number of nitrogens with one attached hydrogen (secondary N) is 1. The molecule has 0 aliphatic heterocycles. The highest BCUT2D eigenvalue weighted by molar-refractivity contribution is 5.89. The molecular weight excluding hydrogens is 242 g/mol. The molecule has 0 aliphatic carbocycles. The van der Waals surface area contributed by atoms with Crippen LogP contribution in [-0.2, 0) is 6.54 Å². The van der Waals surface area contributed by atoms with Crippen LogP contribution in [0.4, 0.5) is 5.82 Å². The van der Waals surface area contributed by atoms with Crippen LogP contribution in [-0.4, -0.2) is 20.9 Å². The third-order valence-electron chi connectivity index (χ3n) is 2.87. The molecular formula is C14H17N3O2. The average molecular weight is 259 g/mol. The first kappa shape index (κ1) is 13.1. The third-order valence-corrected chi connectivity index (χ3v) is 2.87. The maximum Gasteiger partial charge on any atom is 0.336 e. The Morgan fingerprint density at radius 2 is 2.11 bits per heavy atom. The number of anilines is 1. The number of benzene rings is 1. The minimum Gasteiger partial charge on any atom is -0.478 e. The summed E-state index contributed by atoms with van der Waals surface area (Å²) in [6, 6.07) is 9.12. The average Bonchev–Trinajstić information content (AvgIpc) is 2.85. The second-order valence-electron chi connectivity index (χ2n) is 4.57. The van der Waals surface area contributed by atoms with Gasteiger partial charge in [0.05, 0.1) is 11.8 Å². The van der Waals surface area contributed by atoms with Gasteiger partial charge in [-0.05, 0) is 25.5 Å². The highest BCUT2D eigenvalue weighted by Crippen LogP contribution is 2.16. The predicted molar refractivity (Wildman–Crippen MR) is 73.3 cm³/mol. The molecule has 0 unspecified atom stereocenters. The normalized spacial score (nSPS) is 10.7. The Balaban J connectivity index is 2.15. The molecule has 0 saturated carbocycles. The van der Waals surface area contributed by atoms with Crippen LogP contribution in [0.25, 0.3) is 0 Å². The summed E-state index contributed by atoms with van der Waals surface area (Å²) in [5, 5.41) is 16.6. The van der Waals surface area contributed by atoms with Crippen LogP contribution in [0.3, 0.4) is 0 Å². The summed E-state index contributed by atoms with van der Waals surface area (Å²) < 4.78 is 1.86. The number of aromatic nitrogens is 2. The highest BCUT2D eigenvalue weighted by Gasteiger charge is 2.10. The lowest BCUT2D eigenvalue weighted by Crippen LogP contribution is -2.11. The Morgan fingerprint density at radius 3 is 2.79 bits per heavy atom. The zero-order valence-corrected chi connectivity index (χ0v) is 11.0. The van der Waals surface area contributed by atoms with E-state index in [9.17, 15) is 4.79 Å². The van der Waals surface area contributed by atoms with E-state index in [0.29, 0.717) is 12.1 Å². The lowest BCUT2D eigenvalue weighted by molar-refractivity contribution is 0.0696. The first-order valence-corrected chi connectivity index (χ1v) is 6.18. The summed E-state index contributed by atoms with van der Waals surface area (Å²) in [4.78, 5) is 11.1. The molecule has 1 aromatic heterocycles. The molecule has 0 amide bonds. The van der Waals surface area contributed by atoms with Crippen molar-refractivity contribution >= 4 is 11.8 Å². The Kier molecular flexibility index (Phi) is 3.85. The van der Waals surface area contributed by atoms with E-state index in [-0.39, 0.29) is 6.04 Å². The number of rotatable bonds is 5. The van der Waals surface area contributed by atoms with E-state index in [0.717, 1.165) is 11.4 Å². The van der Waals surface area contributed by atoms with Gasteiger partial charge < -0.3 is 10.4 Å². The van der Waals surface area contributed by atoms with E-state index in [1.165, 1.54) is 0 Å². The maximum absolute atomic E-state index is 11.1. The van der Waals surface area contributed by atoms with Crippen molar-refractivity contribution in [3.05, 3.63) is 47.7 Å². The van der Waals surface area contributed by atoms with Crippen LogP contribution >= 0.6 is 0 Å². The van der Waals surface area contributed by atoms with Crippen LogP contribution in [0.2, 0.25) is 0 Å². The fraction of sp³-hybridized carbons (Fsp3) is 0.286. The number of nitrogens with zero attached hydrogens (tertiary/aromatic N) is 2. The number of carbonyl (C=O) groups is 1. The Labute approximate surface area is 111 Å². The second kappa shape index (κ2) is 5.56. The van der Waals surface area contributed by atoms with Gasteiger partial charge in [0.2, 0.25) is 0 Å². The van der Waals surface area contributed by atoms with Gasteiger partial charge in [0.25, 0.3) is 0 Å². The Morgan fingerprint density at radius 1 is 1.37 bits per heavy atom. The van der Waals surface area contributed by atoms with Gasteiger partial charge in [-0.15, -0.1) is 0 Å². The van der Waals surface area contributed by atoms with E-state index in [1.54, 1.807) is 18.3 Å². The van der Waals surface area contributed by atoms with Crippen LogP contribution in [0, 0.1) is 0 Å². The van der Waals surface area contributed by atoms with Crippen LogP contribution in [0.5, 0.6) is 0 Å². The molecule has 5 heteroatoms. The predicted octanol–water partition coefficient (Wildman–Crippen LogP) is 2.77. The third kappa shape index (κ3) is 2.93. The van der Waals surface area contributed by atoms with Gasteiger partial charge in [-0.1, -0.05) is 18.2 Å². The summed E-state index contributed by atoms with van der Waals surface area (Å²) >= 11 is 0. The molecule has 1 aromatic carbocycles. The number of aromatic carboxylic acids is 1. The van der Waals surface area contributed by atoms with Crippen LogP contribution in [0.1, 0.15) is 35.8 Å². The van der Waals surface area contributed by atoms with Gasteiger partial charge in [0.15, 0.2) is 0 Å². The van der Waals surface area contributed by atoms with Gasteiger partial charge in [-0.3, -0.25) is 0 Å². The monoisotopic (exact) mass is 259 g/mol. The fourth-order valence-electron chi connectivity index (χ4n) is 1.93. The molecule has 0 radical (unpaired) electrons. The second-order valence-corrected chi connectivity index (χ2v) is 4.57. The van der Waals surface area contributed by atoms with Crippen molar-refractivity contribution in [3.63, 3.8) is 0 Å². The quantitative estimate of drug-likeness (QED) is 0.866. The molecule has 0 fully saturated rings. The van der Waals surface area contributed by atoms with Crippen LogP contribution < -0.4 is 5.32 Å². The summed E-state index contributed by atoms with van der Waals surface area (Å²) in [6.07, 6.45) is 1.73. The zero-order valence-electron chi connectivity index (χ0n) is 11.0. The van der Waals surface area contributed by atoms with Crippen molar-refractivity contribution in [2.45, 2.75) is 26.4 Å². The summed E-state index contributed by atoms with van der Waals surface area (Å²) in [6.45, 7) is 4.55. The highest BCUT2D eigenvalue weighted by atomic mass is 16.4. The van der Waals surface area contributed by atoms with Crippen molar-refractivity contribution in [3.8, 4) is 0 Å². The number of hydrogen-bond donors (Lipinski definition) is 2. The van der Waals surface area contributed by atoms with Gasteiger partial charge in [0.1, 0.15) is 5.82 Å². The van der Waals surface area contributed by atoms with Gasteiger partial charge in [-0.25, -0.2) is 9.48 Å². The van der Waals surface area contributed by atoms with Crippen molar-refractivity contribution in [1.29, 1.82) is 0 Å². The first-order chi connectivity index (χ1) is 9.09. The maximum atomic E-state index is 11.1. The van der Waals surface area contributed by atoms with Crippen molar-refractivity contribution in [2.24, 2.45) is 0 Å². The Bertz CT molecular complexity index is 576. The molecule has 0 aliphatic rings. The van der Waals surface area contributed by atoms with E-state index in [2.05, 4.69) is 10.4 Å². The lowest BCUT2D eigenvalue weighted by Gasteiger charge is -2.13. The molecule has 2 aromatic rings. The Hall–Kier alpha value is -2.30. The first-order valence-electron chi connectivity index (χ1n) is 6.18. The van der Waals surface area contributed by atoms with E-state index >= 15 is 0 Å². The molecule has 100 valence electrons. The molecule has 1 heterocycles. The minimum atomic E-state index is -0.908. The van der Waals surface area contributed by atoms with E-state index < -0.39 is 5.97 Å². The van der Waals surface area contributed by atoms with Gasteiger partial charge in [-0.2, -0.15) is 5.10 Å². The summed E-state index contributed by atoms with van der Waals surface area (Å²) in [5.74, 6) is -0.0232. The number of hydrogen-bond acceptors (Lipinski definition) is 3. The molecule has 0 spiro atoms. The van der Waals surface area contributed by atoms with E-state index in [1.807, 2.05) is 36.7 Å². The fourth-order valence-corrected chi connectivity index (χ4v) is 1.93. The molecule has 2 rings (SSSR count). The SMILES string of the molecule is CC(C)n1nccc1NCc1ccccc1C(=O)O. The largest absolute Gasteiger partial charge is 0.478 e. The van der Waals surface area contributed by atoms with Gasteiger partial charge in [0, 0.05) is 18.7 Å².